The molecule has 1 heterocycles. The fourth-order valence-corrected chi connectivity index (χ4v) is 2.63. The van der Waals surface area contributed by atoms with Crippen molar-refractivity contribution in [3.8, 4) is 5.75 Å². The highest BCUT2D eigenvalue weighted by Crippen LogP contribution is 2.15. The molecule has 18 heavy (non-hydrogen) atoms. The molecular formula is C15H22NO2+. The first-order valence-electron chi connectivity index (χ1n) is 6.83. The third kappa shape index (κ3) is 3.33. The molecule has 1 aliphatic rings. The van der Waals surface area contributed by atoms with Crippen LogP contribution in [0.2, 0.25) is 0 Å². The molecule has 1 fully saturated rings. The van der Waals surface area contributed by atoms with Gasteiger partial charge in [-0.05, 0) is 38.3 Å². The molecule has 0 aromatic heterocycles. The average Bonchev–Trinajstić information content (AvgIpc) is 2.41. The second kappa shape index (κ2) is 6.55. The molecule has 0 saturated carbocycles. The molecule has 0 amide bonds. The monoisotopic (exact) mass is 248 g/mol. The van der Waals surface area contributed by atoms with E-state index in [1.165, 1.54) is 25.8 Å². The van der Waals surface area contributed by atoms with Crippen LogP contribution in [-0.4, -0.2) is 32.0 Å². The number of rotatable bonds is 5. The summed E-state index contributed by atoms with van der Waals surface area (Å²) >= 11 is 0. The van der Waals surface area contributed by atoms with Crippen molar-refractivity contribution in [2.75, 3.05) is 19.7 Å². The molecule has 0 radical (unpaired) electrons. The summed E-state index contributed by atoms with van der Waals surface area (Å²) in [5.41, 5.74) is 0.638. The molecule has 0 spiro atoms. The van der Waals surface area contributed by atoms with Gasteiger partial charge in [-0.3, -0.25) is 4.79 Å². The van der Waals surface area contributed by atoms with Crippen molar-refractivity contribution in [1.29, 1.82) is 0 Å². The summed E-state index contributed by atoms with van der Waals surface area (Å²) in [6.07, 6.45) is 4.86. The Morgan fingerprint density at radius 2 is 2.22 bits per heavy atom. The van der Waals surface area contributed by atoms with E-state index in [0.717, 1.165) is 18.9 Å². The molecule has 1 aliphatic heterocycles. The molecule has 1 unspecified atom stereocenters. The minimum atomic E-state index is 0.638. The number of aldehydes is 1. The maximum absolute atomic E-state index is 10.9. The molecule has 2 atom stereocenters. The van der Waals surface area contributed by atoms with Gasteiger partial charge < -0.3 is 9.64 Å². The lowest BCUT2D eigenvalue weighted by atomic mass is 10.0. The summed E-state index contributed by atoms with van der Waals surface area (Å²) in [6, 6.07) is 8.15. The highest BCUT2D eigenvalue weighted by Gasteiger charge is 2.21. The summed E-state index contributed by atoms with van der Waals surface area (Å²) in [6.45, 7) is 5.27. The van der Waals surface area contributed by atoms with E-state index >= 15 is 0 Å². The van der Waals surface area contributed by atoms with Crippen LogP contribution < -0.4 is 9.64 Å². The van der Waals surface area contributed by atoms with Crippen molar-refractivity contribution >= 4 is 6.29 Å². The number of benzene rings is 1. The van der Waals surface area contributed by atoms with Gasteiger partial charge in [0.05, 0.1) is 18.2 Å². The quantitative estimate of drug-likeness (QED) is 0.797. The van der Waals surface area contributed by atoms with Gasteiger partial charge in [0.2, 0.25) is 0 Å². The van der Waals surface area contributed by atoms with E-state index in [0.29, 0.717) is 17.9 Å². The number of hydrogen-bond acceptors (Lipinski definition) is 2. The number of nitrogens with one attached hydrogen (secondary N) is 1. The molecule has 1 saturated heterocycles. The third-order valence-corrected chi connectivity index (χ3v) is 3.81. The second-order valence-corrected chi connectivity index (χ2v) is 5.06. The summed E-state index contributed by atoms with van der Waals surface area (Å²) in [7, 11) is 0. The number of ether oxygens (including phenoxy) is 1. The van der Waals surface area contributed by atoms with E-state index < -0.39 is 0 Å². The van der Waals surface area contributed by atoms with Crippen LogP contribution in [0.25, 0.3) is 0 Å². The van der Waals surface area contributed by atoms with E-state index in [1.807, 2.05) is 18.2 Å². The molecule has 3 nitrogen and oxygen atoms in total. The Kier molecular flexibility index (Phi) is 4.76. The van der Waals surface area contributed by atoms with Crippen LogP contribution in [0.1, 0.15) is 36.5 Å². The Morgan fingerprint density at radius 3 is 3.00 bits per heavy atom. The number of piperidine rings is 1. The largest absolute Gasteiger partial charge is 0.487 e. The predicted molar refractivity (Wildman–Crippen MR) is 71.3 cm³/mol. The van der Waals surface area contributed by atoms with Crippen LogP contribution in [0.4, 0.5) is 0 Å². The minimum absolute atomic E-state index is 0.638. The number of quaternary nitrogens is 1. The molecule has 3 heteroatoms. The molecule has 1 aromatic rings. The molecule has 1 N–H and O–H groups in total. The Balaban J connectivity index is 1.82. The summed E-state index contributed by atoms with van der Waals surface area (Å²) in [4.78, 5) is 12.5. The standard InChI is InChI=1S/C15H21NO2/c1-13-6-4-5-9-16(13)10-11-18-15-8-3-2-7-14(15)12-17/h2-3,7-8,12-13H,4-6,9-11H2,1H3/p+1/t13-/m1/s1. The highest BCUT2D eigenvalue weighted by molar-refractivity contribution is 5.79. The van der Waals surface area contributed by atoms with Gasteiger partial charge in [0.15, 0.2) is 6.29 Å². The number of likely N-dealkylation sites (tertiary alicyclic amines) is 1. The van der Waals surface area contributed by atoms with Crippen LogP contribution in [0.15, 0.2) is 24.3 Å². The SMILES string of the molecule is C[C@@H]1CCCC[NH+]1CCOc1ccccc1C=O. The van der Waals surface area contributed by atoms with Crippen LogP contribution in [0.3, 0.4) is 0 Å². The van der Waals surface area contributed by atoms with Gasteiger partial charge in [0, 0.05) is 0 Å². The van der Waals surface area contributed by atoms with Crippen molar-refractivity contribution in [1.82, 2.24) is 0 Å². The van der Waals surface area contributed by atoms with Crippen molar-refractivity contribution < 1.29 is 14.4 Å². The van der Waals surface area contributed by atoms with Crippen LogP contribution >= 0.6 is 0 Å². The maximum atomic E-state index is 10.9. The fourth-order valence-electron chi connectivity index (χ4n) is 2.63. The third-order valence-electron chi connectivity index (χ3n) is 3.81. The van der Waals surface area contributed by atoms with Crippen molar-refractivity contribution in [2.45, 2.75) is 32.2 Å². The molecule has 2 rings (SSSR count). The summed E-state index contributed by atoms with van der Waals surface area (Å²) in [5.74, 6) is 0.705. The molecule has 98 valence electrons. The number of para-hydroxylation sites is 1. The number of carbonyl (C=O) groups is 1. The topological polar surface area (TPSA) is 30.7 Å². The van der Waals surface area contributed by atoms with E-state index in [1.54, 1.807) is 11.0 Å². The lowest BCUT2D eigenvalue weighted by Crippen LogP contribution is -3.16. The molecule has 1 aromatic carbocycles. The zero-order valence-corrected chi connectivity index (χ0v) is 11.0. The van der Waals surface area contributed by atoms with Gasteiger partial charge in [-0.25, -0.2) is 0 Å². The van der Waals surface area contributed by atoms with Crippen LogP contribution in [0.5, 0.6) is 5.75 Å². The average molecular weight is 248 g/mol. The summed E-state index contributed by atoms with van der Waals surface area (Å²) < 4.78 is 5.73. The van der Waals surface area contributed by atoms with E-state index in [-0.39, 0.29) is 0 Å². The normalized spacial score (nSPS) is 23.6. The number of hydrogen-bond donors (Lipinski definition) is 1. The zero-order chi connectivity index (χ0) is 12.8. The fraction of sp³-hybridized carbons (Fsp3) is 0.533. The van der Waals surface area contributed by atoms with E-state index in [2.05, 4.69) is 6.92 Å². The first kappa shape index (κ1) is 13.1. The maximum Gasteiger partial charge on any atom is 0.153 e. The van der Waals surface area contributed by atoms with E-state index in [4.69, 9.17) is 4.74 Å². The Morgan fingerprint density at radius 1 is 1.39 bits per heavy atom. The Bertz CT molecular complexity index is 392. The second-order valence-electron chi connectivity index (χ2n) is 5.06. The Labute approximate surface area is 109 Å². The number of carbonyl (C=O) groups excluding carboxylic acids is 1. The minimum Gasteiger partial charge on any atom is -0.487 e. The van der Waals surface area contributed by atoms with Gasteiger partial charge in [0.25, 0.3) is 0 Å². The lowest BCUT2D eigenvalue weighted by Gasteiger charge is -2.30. The van der Waals surface area contributed by atoms with Gasteiger partial charge in [0.1, 0.15) is 18.9 Å². The van der Waals surface area contributed by atoms with Gasteiger partial charge >= 0.3 is 0 Å². The van der Waals surface area contributed by atoms with Crippen LogP contribution in [-0.2, 0) is 0 Å². The van der Waals surface area contributed by atoms with Gasteiger partial charge in [-0.2, -0.15) is 0 Å². The molecule has 0 bridgehead atoms. The zero-order valence-electron chi connectivity index (χ0n) is 11.0. The van der Waals surface area contributed by atoms with Crippen molar-refractivity contribution in [3.63, 3.8) is 0 Å². The van der Waals surface area contributed by atoms with E-state index in [9.17, 15) is 4.79 Å². The predicted octanol–water partition coefficient (Wildman–Crippen LogP) is 1.34. The van der Waals surface area contributed by atoms with Crippen molar-refractivity contribution in [3.05, 3.63) is 29.8 Å². The molecule has 0 aliphatic carbocycles. The summed E-state index contributed by atoms with van der Waals surface area (Å²) in [5, 5.41) is 0. The Hall–Kier alpha value is -1.35. The van der Waals surface area contributed by atoms with Gasteiger partial charge in [-0.15, -0.1) is 0 Å². The first-order valence-corrected chi connectivity index (χ1v) is 6.83. The van der Waals surface area contributed by atoms with Crippen LogP contribution in [0, 0.1) is 0 Å². The smallest absolute Gasteiger partial charge is 0.153 e. The highest BCUT2D eigenvalue weighted by atomic mass is 16.5. The first-order chi connectivity index (χ1) is 8.81. The van der Waals surface area contributed by atoms with Gasteiger partial charge in [-0.1, -0.05) is 12.1 Å². The molecular weight excluding hydrogens is 226 g/mol. The lowest BCUT2D eigenvalue weighted by molar-refractivity contribution is -0.928. The van der Waals surface area contributed by atoms with Crippen molar-refractivity contribution in [2.24, 2.45) is 0 Å².